The molecule has 0 bridgehead atoms. The standard InChI is InChI=1S/C12H9ClFNO.C6H11NO2/c1-7-5-8(6-15-7)12(16)11-9(13)3-2-4-10(11)14;8-5-7-6-1-3-9-4-2-6/h2-6,15H,1H3;5-6H,1-4H2,(H,7,8). The minimum Gasteiger partial charge on any atom is -0.381 e. The van der Waals surface area contributed by atoms with E-state index in [0.717, 1.165) is 38.2 Å². The van der Waals surface area contributed by atoms with Crippen LogP contribution in [0.5, 0.6) is 0 Å². The third-order valence-electron chi connectivity index (χ3n) is 3.80. The fraction of sp³-hybridized carbons (Fsp3) is 0.333. The summed E-state index contributed by atoms with van der Waals surface area (Å²) in [4.78, 5) is 24.7. The maximum Gasteiger partial charge on any atom is 0.207 e. The van der Waals surface area contributed by atoms with Gasteiger partial charge in [0.15, 0.2) is 5.78 Å². The van der Waals surface area contributed by atoms with Crippen LogP contribution in [0, 0.1) is 12.7 Å². The van der Waals surface area contributed by atoms with E-state index < -0.39 is 11.6 Å². The Bertz CT molecular complexity index is 707. The fourth-order valence-corrected chi connectivity index (χ4v) is 2.71. The number of aromatic nitrogens is 1. The van der Waals surface area contributed by atoms with Crippen LogP contribution in [-0.4, -0.2) is 36.4 Å². The highest BCUT2D eigenvalue weighted by molar-refractivity contribution is 6.35. The van der Waals surface area contributed by atoms with E-state index in [0.29, 0.717) is 11.6 Å². The Morgan fingerprint density at radius 3 is 2.68 bits per heavy atom. The predicted octanol–water partition coefficient (Wildman–Crippen LogP) is 3.26. The van der Waals surface area contributed by atoms with Crippen molar-refractivity contribution in [2.75, 3.05) is 13.2 Å². The number of benzene rings is 1. The van der Waals surface area contributed by atoms with Crippen molar-refractivity contribution in [1.82, 2.24) is 10.3 Å². The van der Waals surface area contributed by atoms with Gasteiger partial charge in [-0.15, -0.1) is 0 Å². The summed E-state index contributed by atoms with van der Waals surface area (Å²) in [7, 11) is 0. The fourth-order valence-electron chi connectivity index (χ4n) is 2.46. The molecule has 2 aromatic rings. The molecule has 1 aromatic carbocycles. The molecule has 1 aliphatic heterocycles. The number of carbonyl (C=O) groups excluding carboxylic acids is 2. The first kappa shape index (κ1) is 19.1. The summed E-state index contributed by atoms with van der Waals surface area (Å²) in [5.41, 5.74) is 1.17. The number of ketones is 1. The molecule has 134 valence electrons. The summed E-state index contributed by atoms with van der Waals surface area (Å²) < 4.78 is 18.6. The number of aromatic amines is 1. The number of H-pyrrole nitrogens is 1. The molecule has 1 saturated heterocycles. The lowest BCUT2D eigenvalue weighted by Crippen LogP contribution is -2.33. The van der Waals surface area contributed by atoms with E-state index >= 15 is 0 Å². The minimum atomic E-state index is -0.601. The molecule has 2 N–H and O–H groups in total. The molecule has 0 saturated carbocycles. The van der Waals surface area contributed by atoms with Crippen LogP contribution < -0.4 is 5.32 Å². The minimum absolute atomic E-state index is 0.0804. The summed E-state index contributed by atoms with van der Waals surface area (Å²) in [6.45, 7) is 3.39. The van der Waals surface area contributed by atoms with Crippen LogP contribution in [0.4, 0.5) is 4.39 Å². The zero-order valence-electron chi connectivity index (χ0n) is 13.9. The monoisotopic (exact) mass is 366 g/mol. The molecule has 5 nitrogen and oxygen atoms in total. The summed E-state index contributed by atoms with van der Waals surface area (Å²) >= 11 is 5.81. The SMILES string of the molecule is Cc1cc(C(=O)c2c(F)cccc2Cl)c[nH]1.O=CNC1CCOCC1. The van der Waals surface area contributed by atoms with Crippen molar-refractivity contribution in [3.63, 3.8) is 0 Å². The average molecular weight is 367 g/mol. The van der Waals surface area contributed by atoms with Crippen LogP contribution in [0.15, 0.2) is 30.5 Å². The van der Waals surface area contributed by atoms with E-state index in [1.165, 1.54) is 18.2 Å². The van der Waals surface area contributed by atoms with Gasteiger partial charge in [-0.05, 0) is 38.0 Å². The summed E-state index contributed by atoms with van der Waals surface area (Å²) in [5.74, 6) is -1.01. The first-order chi connectivity index (χ1) is 12.0. The molecule has 0 unspecified atom stereocenters. The summed E-state index contributed by atoms with van der Waals surface area (Å²) in [5, 5.41) is 2.85. The van der Waals surface area contributed by atoms with Gasteiger partial charge in [-0.1, -0.05) is 17.7 Å². The van der Waals surface area contributed by atoms with Crippen molar-refractivity contribution in [3.05, 3.63) is 58.1 Å². The second kappa shape index (κ2) is 9.34. The van der Waals surface area contributed by atoms with Gasteiger partial charge in [0.25, 0.3) is 0 Å². The Kier molecular flexibility index (Phi) is 7.16. The van der Waals surface area contributed by atoms with Crippen LogP contribution >= 0.6 is 11.6 Å². The van der Waals surface area contributed by atoms with Crippen molar-refractivity contribution >= 4 is 23.8 Å². The molecule has 0 spiro atoms. The van der Waals surface area contributed by atoms with Crippen LogP contribution in [0.25, 0.3) is 0 Å². The smallest absolute Gasteiger partial charge is 0.207 e. The second-order valence-corrected chi connectivity index (χ2v) is 6.08. The molecule has 7 heteroatoms. The van der Waals surface area contributed by atoms with Gasteiger partial charge in [0.2, 0.25) is 6.41 Å². The highest BCUT2D eigenvalue weighted by atomic mass is 35.5. The lowest BCUT2D eigenvalue weighted by molar-refractivity contribution is -0.110. The van der Waals surface area contributed by atoms with Gasteiger partial charge < -0.3 is 15.0 Å². The van der Waals surface area contributed by atoms with Crippen molar-refractivity contribution < 1.29 is 18.7 Å². The lowest BCUT2D eigenvalue weighted by Gasteiger charge is -2.20. The van der Waals surface area contributed by atoms with Crippen LogP contribution in [0.2, 0.25) is 5.02 Å². The number of rotatable bonds is 4. The number of amides is 1. The maximum absolute atomic E-state index is 13.5. The van der Waals surface area contributed by atoms with Gasteiger partial charge in [0.05, 0.1) is 10.6 Å². The first-order valence-electron chi connectivity index (χ1n) is 7.94. The number of ether oxygens (including phenoxy) is 1. The number of halogens is 2. The van der Waals surface area contributed by atoms with Crippen LogP contribution in [0.3, 0.4) is 0 Å². The van der Waals surface area contributed by atoms with Gasteiger partial charge >= 0.3 is 0 Å². The molecular formula is C18H20ClFN2O3. The van der Waals surface area contributed by atoms with Crippen LogP contribution in [0.1, 0.15) is 34.5 Å². The summed E-state index contributed by atoms with van der Waals surface area (Å²) in [6.07, 6.45) is 4.22. The van der Waals surface area contributed by atoms with E-state index in [1.807, 2.05) is 6.92 Å². The molecule has 0 atom stereocenters. The highest BCUT2D eigenvalue weighted by Gasteiger charge is 2.18. The van der Waals surface area contributed by atoms with E-state index in [1.54, 1.807) is 12.3 Å². The Labute approximate surface area is 150 Å². The topological polar surface area (TPSA) is 71.2 Å². The summed E-state index contributed by atoms with van der Waals surface area (Å²) in [6, 6.07) is 6.20. The maximum atomic E-state index is 13.5. The van der Waals surface area contributed by atoms with Crippen molar-refractivity contribution in [2.45, 2.75) is 25.8 Å². The number of carbonyl (C=O) groups is 2. The molecule has 25 heavy (non-hydrogen) atoms. The zero-order chi connectivity index (χ0) is 18.2. The van der Waals surface area contributed by atoms with Crippen molar-refractivity contribution in [1.29, 1.82) is 0 Å². The largest absolute Gasteiger partial charge is 0.381 e. The van der Waals surface area contributed by atoms with E-state index in [-0.39, 0.29) is 10.6 Å². The van der Waals surface area contributed by atoms with Gasteiger partial charge in [0.1, 0.15) is 5.82 Å². The zero-order valence-corrected chi connectivity index (χ0v) is 14.6. The lowest BCUT2D eigenvalue weighted by atomic mass is 10.1. The predicted molar refractivity (Wildman–Crippen MR) is 93.4 cm³/mol. The number of hydrogen-bond donors (Lipinski definition) is 2. The third-order valence-corrected chi connectivity index (χ3v) is 4.12. The second-order valence-electron chi connectivity index (χ2n) is 5.67. The molecule has 1 amide bonds. The highest BCUT2D eigenvalue weighted by Crippen LogP contribution is 2.22. The van der Waals surface area contributed by atoms with Gasteiger partial charge in [0, 0.05) is 36.7 Å². The number of hydrogen-bond acceptors (Lipinski definition) is 3. The third kappa shape index (κ3) is 5.41. The molecule has 0 aliphatic carbocycles. The molecule has 1 aliphatic rings. The number of aryl methyl sites for hydroxylation is 1. The molecule has 3 rings (SSSR count). The Balaban J connectivity index is 0.000000212. The number of nitrogens with one attached hydrogen (secondary N) is 2. The van der Waals surface area contributed by atoms with Gasteiger partial charge in [-0.3, -0.25) is 9.59 Å². The molecule has 2 heterocycles. The van der Waals surface area contributed by atoms with Crippen LogP contribution in [-0.2, 0) is 9.53 Å². The Morgan fingerprint density at radius 1 is 1.40 bits per heavy atom. The molecule has 1 fully saturated rings. The van der Waals surface area contributed by atoms with Crippen molar-refractivity contribution in [3.8, 4) is 0 Å². The van der Waals surface area contributed by atoms with E-state index in [2.05, 4.69) is 10.3 Å². The molecule has 0 radical (unpaired) electrons. The Morgan fingerprint density at radius 2 is 2.12 bits per heavy atom. The van der Waals surface area contributed by atoms with E-state index in [9.17, 15) is 14.0 Å². The first-order valence-corrected chi connectivity index (χ1v) is 8.32. The normalized spacial score (nSPS) is 14.4. The quantitative estimate of drug-likeness (QED) is 0.644. The van der Waals surface area contributed by atoms with Gasteiger partial charge in [-0.25, -0.2) is 4.39 Å². The average Bonchev–Trinajstić information content (AvgIpc) is 3.03. The van der Waals surface area contributed by atoms with Gasteiger partial charge in [-0.2, -0.15) is 0 Å². The Hall–Kier alpha value is -2.18. The molecule has 1 aromatic heterocycles. The molecular weight excluding hydrogens is 347 g/mol. The van der Waals surface area contributed by atoms with E-state index in [4.69, 9.17) is 16.3 Å². The van der Waals surface area contributed by atoms with Crippen molar-refractivity contribution in [2.24, 2.45) is 0 Å².